The number of hydrazone groups is 1. The Balaban J connectivity index is 2.01. The first kappa shape index (κ1) is 20.9. The summed E-state index contributed by atoms with van der Waals surface area (Å²) in [4.78, 5) is 12.0. The van der Waals surface area contributed by atoms with Gasteiger partial charge in [0.15, 0.2) is 6.61 Å². The van der Waals surface area contributed by atoms with E-state index in [4.69, 9.17) is 10.00 Å². The molecule has 146 valence electrons. The molecule has 0 saturated carbocycles. The van der Waals surface area contributed by atoms with Crippen LogP contribution in [0.4, 0.5) is 10.1 Å². The zero-order chi connectivity index (χ0) is 20.6. The van der Waals surface area contributed by atoms with Crippen molar-refractivity contribution < 1.29 is 22.3 Å². The van der Waals surface area contributed by atoms with E-state index in [0.717, 1.165) is 12.3 Å². The third kappa shape index (κ3) is 6.07. The third-order valence-electron chi connectivity index (χ3n) is 3.40. The lowest BCUT2D eigenvalue weighted by Gasteiger charge is -2.21. The van der Waals surface area contributed by atoms with Crippen molar-refractivity contribution in [1.29, 1.82) is 5.26 Å². The molecule has 0 heterocycles. The summed E-state index contributed by atoms with van der Waals surface area (Å²) in [6.45, 7) is -0.694. The van der Waals surface area contributed by atoms with Crippen molar-refractivity contribution in [3.8, 4) is 11.8 Å². The van der Waals surface area contributed by atoms with Crippen molar-refractivity contribution in [1.82, 2.24) is 5.43 Å². The first-order valence-electron chi connectivity index (χ1n) is 7.95. The quantitative estimate of drug-likeness (QED) is 0.531. The second-order valence-corrected chi connectivity index (χ2v) is 7.44. The van der Waals surface area contributed by atoms with Crippen LogP contribution in [-0.2, 0) is 14.8 Å². The number of ether oxygens (including phenoxy) is 1. The number of anilines is 1. The number of hydrogen-bond donors (Lipinski definition) is 1. The molecule has 0 aromatic heterocycles. The molecule has 2 aromatic rings. The number of carbonyl (C=O) groups excluding carboxylic acids is 1. The molecule has 2 rings (SSSR count). The average Bonchev–Trinajstić information content (AvgIpc) is 2.65. The van der Waals surface area contributed by atoms with Gasteiger partial charge in [0.2, 0.25) is 10.0 Å². The Bertz CT molecular complexity index is 1000. The fraction of sp³-hybridized carbons (Fsp3) is 0.167. The van der Waals surface area contributed by atoms with Crippen molar-refractivity contribution in [2.45, 2.75) is 0 Å². The van der Waals surface area contributed by atoms with Crippen molar-refractivity contribution in [3.05, 3.63) is 59.9 Å². The van der Waals surface area contributed by atoms with Crippen molar-refractivity contribution in [2.75, 3.05) is 23.7 Å². The Hall–Kier alpha value is -3.45. The number of nitrogens with zero attached hydrogens (tertiary/aromatic N) is 3. The van der Waals surface area contributed by atoms with Crippen molar-refractivity contribution in [3.63, 3.8) is 0 Å². The number of amides is 1. The molecule has 8 nitrogen and oxygen atoms in total. The summed E-state index contributed by atoms with van der Waals surface area (Å²) >= 11 is 0. The molecule has 0 fully saturated rings. The number of nitrogens with one attached hydrogen (secondary N) is 1. The van der Waals surface area contributed by atoms with Crippen LogP contribution in [0.25, 0.3) is 0 Å². The van der Waals surface area contributed by atoms with Gasteiger partial charge in [-0.2, -0.15) is 10.4 Å². The van der Waals surface area contributed by atoms with Crippen LogP contribution in [0, 0.1) is 17.1 Å². The summed E-state index contributed by atoms with van der Waals surface area (Å²) < 4.78 is 43.5. The number of carbonyl (C=O) groups is 1. The molecule has 1 amide bonds. The Morgan fingerprint density at radius 1 is 1.29 bits per heavy atom. The van der Waals surface area contributed by atoms with Gasteiger partial charge in [0, 0.05) is 0 Å². The fourth-order valence-electron chi connectivity index (χ4n) is 2.15. The van der Waals surface area contributed by atoms with Crippen LogP contribution in [0.2, 0.25) is 0 Å². The highest BCUT2D eigenvalue weighted by atomic mass is 32.2. The van der Waals surface area contributed by atoms with Gasteiger partial charge >= 0.3 is 0 Å². The van der Waals surface area contributed by atoms with E-state index in [9.17, 15) is 17.6 Å². The number of benzene rings is 2. The molecular weight excluding hydrogens is 387 g/mol. The Kier molecular flexibility index (Phi) is 7.06. The van der Waals surface area contributed by atoms with Gasteiger partial charge in [0.25, 0.3) is 5.91 Å². The van der Waals surface area contributed by atoms with Crippen LogP contribution in [-0.4, -0.2) is 39.9 Å². The van der Waals surface area contributed by atoms with E-state index < -0.39 is 28.3 Å². The lowest BCUT2D eigenvalue weighted by atomic mass is 10.2. The number of rotatable bonds is 8. The molecule has 0 bridgehead atoms. The zero-order valence-electron chi connectivity index (χ0n) is 14.9. The van der Waals surface area contributed by atoms with E-state index in [2.05, 4.69) is 10.5 Å². The van der Waals surface area contributed by atoms with Crippen LogP contribution < -0.4 is 14.5 Å². The maximum atomic E-state index is 13.9. The second kappa shape index (κ2) is 9.48. The van der Waals surface area contributed by atoms with Crippen LogP contribution >= 0.6 is 0 Å². The van der Waals surface area contributed by atoms with Gasteiger partial charge in [0.05, 0.1) is 18.2 Å². The molecule has 2 aromatic carbocycles. The SMILES string of the molecule is CS(=O)(=O)N(CC(=O)N/N=C/c1ccc(OCC#N)cc1)c1ccccc1F. The van der Waals surface area contributed by atoms with Gasteiger partial charge in [0.1, 0.15) is 24.2 Å². The zero-order valence-corrected chi connectivity index (χ0v) is 15.7. The molecule has 0 aliphatic rings. The van der Waals surface area contributed by atoms with Crippen LogP contribution in [0.15, 0.2) is 53.6 Å². The number of para-hydroxylation sites is 1. The van der Waals surface area contributed by atoms with Gasteiger partial charge in [-0.1, -0.05) is 12.1 Å². The minimum Gasteiger partial charge on any atom is -0.479 e. The smallest absolute Gasteiger partial charge is 0.260 e. The maximum absolute atomic E-state index is 13.9. The standard InChI is InChI=1S/C18H17FN4O4S/c1-28(25,26)23(17-5-3-2-4-16(17)19)13-18(24)22-21-12-14-6-8-15(9-7-14)27-11-10-20/h2-9,12H,11,13H2,1H3,(H,22,24)/b21-12+. The molecule has 0 aliphatic heterocycles. The van der Waals surface area contributed by atoms with E-state index in [1.54, 1.807) is 24.3 Å². The van der Waals surface area contributed by atoms with E-state index in [-0.39, 0.29) is 12.3 Å². The minimum absolute atomic E-state index is 0.0671. The third-order valence-corrected chi connectivity index (χ3v) is 4.52. The molecule has 28 heavy (non-hydrogen) atoms. The van der Waals surface area contributed by atoms with Gasteiger partial charge in [-0.3, -0.25) is 9.10 Å². The number of hydrogen-bond acceptors (Lipinski definition) is 6. The van der Waals surface area contributed by atoms with E-state index in [1.807, 2.05) is 6.07 Å². The number of sulfonamides is 1. The largest absolute Gasteiger partial charge is 0.479 e. The second-order valence-electron chi connectivity index (χ2n) is 5.53. The van der Waals surface area contributed by atoms with E-state index >= 15 is 0 Å². The highest BCUT2D eigenvalue weighted by molar-refractivity contribution is 7.92. The molecule has 0 radical (unpaired) electrons. The summed E-state index contributed by atoms with van der Waals surface area (Å²) in [7, 11) is -3.88. The van der Waals surface area contributed by atoms with Crippen LogP contribution in [0.1, 0.15) is 5.56 Å². The Morgan fingerprint density at radius 3 is 2.57 bits per heavy atom. The summed E-state index contributed by atoms with van der Waals surface area (Å²) in [5.74, 6) is -0.988. The highest BCUT2D eigenvalue weighted by Crippen LogP contribution is 2.20. The van der Waals surface area contributed by atoms with E-state index in [0.29, 0.717) is 15.6 Å². The summed E-state index contributed by atoms with van der Waals surface area (Å²) in [5, 5.41) is 12.2. The molecular formula is C18H17FN4O4S. The maximum Gasteiger partial charge on any atom is 0.260 e. The minimum atomic E-state index is -3.88. The molecule has 0 spiro atoms. The summed E-state index contributed by atoms with van der Waals surface area (Å²) in [6.07, 6.45) is 2.23. The highest BCUT2D eigenvalue weighted by Gasteiger charge is 2.23. The molecule has 0 saturated heterocycles. The predicted molar refractivity (Wildman–Crippen MR) is 102 cm³/mol. The predicted octanol–water partition coefficient (Wildman–Crippen LogP) is 1.64. The Morgan fingerprint density at radius 2 is 1.96 bits per heavy atom. The first-order valence-corrected chi connectivity index (χ1v) is 9.80. The number of nitriles is 1. The molecule has 10 heteroatoms. The average molecular weight is 404 g/mol. The van der Waals surface area contributed by atoms with Crippen LogP contribution in [0.3, 0.4) is 0 Å². The van der Waals surface area contributed by atoms with Crippen LogP contribution in [0.5, 0.6) is 5.75 Å². The van der Waals surface area contributed by atoms with Gasteiger partial charge in [-0.05, 0) is 42.0 Å². The lowest BCUT2D eigenvalue weighted by molar-refractivity contribution is -0.119. The Labute approximate surface area is 161 Å². The summed E-state index contributed by atoms with van der Waals surface area (Å²) in [5.41, 5.74) is 2.61. The molecule has 0 atom stereocenters. The van der Waals surface area contributed by atoms with E-state index in [1.165, 1.54) is 24.4 Å². The summed E-state index contributed by atoms with van der Waals surface area (Å²) in [6, 6.07) is 13.7. The lowest BCUT2D eigenvalue weighted by Crippen LogP contribution is -2.39. The van der Waals surface area contributed by atoms with Crippen molar-refractivity contribution in [2.24, 2.45) is 5.10 Å². The van der Waals surface area contributed by atoms with Gasteiger partial charge in [-0.15, -0.1) is 0 Å². The van der Waals surface area contributed by atoms with Gasteiger partial charge in [-0.25, -0.2) is 18.2 Å². The fourth-order valence-corrected chi connectivity index (χ4v) is 3.00. The normalized spacial score (nSPS) is 11.0. The molecule has 1 N–H and O–H groups in total. The van der Waals surface area contributed by atoms with Crippen molar-refractivity contribution >= 4 is 27.8 Å². The first-order chi connectivity index (χ1) is 13.3. The number of halogens is 1. The molecule has 0 aliphatic carbocycles. The molecule has 0 unspecified atom stereocenters. The monoisotopic (exact) mass is 404 g/mol. The topological polar surface area (TPSA) is 112 Å². The van der Waals surface area contributed by atoms with Gasteiger partial charge < -0.3 is 4.74 Å².